The van der Waals surface area contributed by atoms with E-state index in [9.17, 15) is 19.2 Å². The van der Waals surface area contributed by atoms with Crippen LogP contribution in [0.2, 0.25) is 5.02 Å². The monoisotopic (exact) mass is 522 g/mol. The zero-order chi connectivity index (χ0) is 27.2. The number of carbonyl (C=O) groups excluding carboxylic acids is 3. The minimum atomic E-state index is -1.63. The number of nitrogens with one attached hydrogen (secondary N) is 2. The van der Waals surface area contributed by atoms with E-state index in [-0.39, 0.29) is 22.0 Å². The van der Waals surface area contributed by atoms with E-state index in [0.717, 1.165) is 0 Å². The molecule has 0 unspecified atom stereocenters. The fourth-order valence-electron chi connectivity index (χ4n) is 4.24. The Labute approximate surface area is 219 Å². The Balaban J connectivity index is 1.98. The van der Waals surface area contributed by atoms with Gasteiger partial charge in [0.2, 0.25) is 11.8 Å². The molecule has 0 aliphatic carbocycles. The van der Waals surface area contributed by atoms with Crippen molar-refractivity contribution in [2.24, 2.45) is 11.7 Å². The number of anilines is 2. The predicted molar refractivity (Wildman–Crippen MR) is 142 cm³/mol. The number of nitrogens with zero attached hydrogens (tertiary/aromatic N) is 1. The summed E-state index contributed by atoms with van der Waals surface area (Å²) < 4.78 is 0. The molecule has 0 aromatic heterocycles. The molecule has 192 valence electrons. The third kappa shape index (κ3) is 5.73. The number of amides is 4. The second-order valence-corrected chi connectivity index (χ2v) is 8.93. The van der Waals surface area contributed by atoms with Gasteiger partial charge in [0.15, 0.2) is 5.54 Å². The minimum Gasteiger partial charge on any atom is -0.478 e. The Bertz CT molecular complexity index is 1310. The van der Waals surface area contributed by atoms with Gasteiger partial charge in [-0.3, -0.25) is 14.5 Å². The minimum absolute atomic E-state index is 0.00944. The number of carbonyl (C=O) groups is 4. The molecule has 10 heteroatoms. The van der Waals surface area contributed by atoms with Gasteiger partial charge in [0, 0.05) is 5.69 Å². The van der Waals surface area contributed by atoms with Gasteiger partial charge in [-0.25, -0.2) is 9.59 Å². The lowest BCUT2D eigenvalue weighted by atomic mass is 9.77. The molecule has 0 saturated heterocycles. The van der Waals surface area contributed by atoms with Crippen LogP contribution in [0.25, 0.3) is 0 Å². The van der Waals surface area contributed by atoms with Crippen molar-refractivity contribution in [2.45, 2.75) is 19.4 Å². The number of nitrogens with two attached hydrogens (primary N) is 1. The number of urea groups is 1. The molecular formula is C27H27ClN4O5. The molecule has 5 N–H and O–H groups in total. The smallest absolute Gasteiger partial charge is 0.335 e. The lowest BCUT2D eigenvalue weighted by Crippen LogP contribution is -2.62. The van der Waals surface area contributed by atoms with Crippen LogP contribution < -0.4 is 21.3 Å². The van der Waals surface area contributed by atoms with Gasteiger partial charge < -0.3 is 21.5 Å². The highest BCUT2D eigenvalue weighted by Crippen LogP contribution is 2.42. The summed E-state index contributed by atoms with van der Waals surface area (Å²) in [6.07, 6.45) is 0. The number of hydrogen-bond acceptors (Lipinski definition) is 4. The molecule has 9 nitrogen and oxygen atoms in total. The van der Waals surface area contributed by atoms with Crippen molar-refractivity contribution in [2.75, 3.05) is 16.8 Å². The number of rotatable bonds is 9. The van der Waals surface area contributed by atoms with Crippen LogP contribution in [0, 0.1) is 5.92 Å². The summed E-state index contributed by atoms with van der Waals surface area (Å²) >= 11 is 6.48. The van der Waals surface area contributed by atoms with Gasteiger partial charge in [-0.1, -0.05) is 74.0 Å². The first kappa shape index (κ1) is 27.2. The molecule has 1 atom stereocenters. The number of carboxylic acid groups (broad SMARTS) is 1. The number of benzene rings is 3. The van der Waals surface area contributed by atoms with Crippen LogP contribution in [0.3, 0.4) is 0 Å². The van der Waals surface area contributed by atoms with Crippen LogP contribution in [-0.4, -0.2) is 35.5 Å². The third-order valence-electron chi connectivity index (χ3n) is 5.89. The average Bonchev–Trinajstić information content (AvgIpc) is 2.86. The SMILES string of the molecule is CC(C)[C@](C(N)=O)(c1ccccc1)N(C(=O)CNC(=O)Nc1cccc(C(=O)O)c1)c1ccccc1Cl. The normalized spacial score (nSPS) is 12.3. The number of carboxylic acids is 1. The van der Waals surface area contributed by atoms with E-state index in [0.29, 0.717) is 5.56 Å². The van der Waals surface area contributed by atoms with E-state index in [1.165, 1.54) is 29.2 Å². The molecule has 0 heterocycles. The Morgan fingerprint density at radius 3 is 2.22 bits per heavy atom. The summed E-state index contributed by atoms with van der Waals surface area (Å²) in [5.41, 5.74) is 5.33. The highest BCUT2D eigenvalue weighted by molar-refractivity contribution is 6.34. The van der Waals surface area contributed by atoms with Crippen LogP contribution in [0.1, 0.15) is 29.8 Å². The first-order valence-corrected chi connectivity index (χ1v) is 11.8. The number of para-hydroxylation sites is 1. The van der Waals surface area contributed by atoms with E-state index in [1.807, 2.05) is 0 Å². The molecule has 0 spiro atoms. The Morgan fingerprint density at radius 2 is 1.62 bits per heavy atom. The van der Waals surface area contributed by atoms with E-state index in [2.05, 4.69) is 10.6 Å². The van der Waals surface area contributed by atoms with Gasteiger partial charge in [0.05, 0.1) is 22.8 Å². The summed E-state index contributed by atoms with van der Waals surface area (Å²) in [6.45, 7) is 3.03. The van der Waals surface area contributed by atoms with Crippen LogP contribution in [0.5, 0.6) is 0 Å². The van der Waals surface area contributed by atoms with Crippen molar-refractivity contribution in [3.8, 4) is 0 Å². The molecule has 0 radical (unpaired) electrons. The van der Waals surface area contributed by atoms with Gasteiger partial charge in [-0.05, 0) is 41.8 Å². The van der Waals surface area contributed by atoms with Gasteiger partial charge in [-0.15, -0.1) is 0 Å². The van der Waals surface area contributed by atoms with Crippen molar-refractivity contribution in [1.82, 2.24) is 5.32 Å². The predicted octanol–water partition coefficient (Wildman–Crippen LogP) is 4.23. The Morgan fingerprint density at radius 1 is 0.973 bits per heavy atom. The lowest BCUT2D eigenvalue weighted by Gasteiger charge is -2.45. The Hall–Kier alpha value is -4.37. The van der Waals surface area contributed by atoms with Crippen molar-refractivity contribution < 1.29 is 24.3 Å². The van der Waals surface area contributed by atoms with Crippen LogP contribution in [0.4, 0.5) is 16.2 Å². The maximum Gasteiger partial charge on any atom is 0.335 e. The second kappa shape index (κ2) is 11.6. The van der Waals surface area contributed by atoms with Gasteiger partial charge in [0.1, 0.15) is 0 Å². The topological polar surface area (TPSA) is 142 Å². The molecule has 0 aliphatic heterocycles. The van der Waals surface area contributed by atoms with Crippen molar-refractivity contribution >= 4 is 46.8 Å². The van der Waals surface area contributed by atoms with Crippen molar-refractivity contribution in [1.29, 1.82) is 0 Å². The van der Waals surface area contributed by atoms with Crippen LogP contribution in [-0.2, 0) is 15.1 Å². The average molecular weight is 523 g/mol. The molecule has 3 aromatic rings. The summed E-state index contributed by atoms with van der Waals surface area (Å²) in [5.74, 6) is -3.04. The van der Waals surface area contributed by atoms with E-state index < -0.39 is 41.8 Å². The first-order chi connectivity index (χ1) is 17.6. The molecule has 0 saturated carbocycles. The van der Waals surface area contributed by atoms with Crippen molar-refractivity contribution in [3.05, 3.63) is 95.0 Å². The summed E-state index contributed by atoms with van der Waals surface area (Å²) in [7, 11) is 0. The van der Waals surface area contributed by atoms with Gasteiger partial charge in [-0.2, -0.15) is 0 Å². The molecule has 3 rings (SSSR count). The molecular weight excluding hydrogens is 496 g/mol. The number of primary amides is 1. The van der Waals surface area contributed by atoms with E-state index in [4.69, 9.17) is 22.4 Å². The molecule has 4 amide bonds. The number of hydrogen-bond donors (Lipinski definition) is 4. The second-order valence-electron chi connectivity index (χ2n) is 8.53. The number of halogens is 1. The van der Waals surface area contributed by atoms with Crippen molar-refractivity contribution in [3.63, 3.8) is 0 Å². The highest BCUT2D eigenvalue weighted by Gasteiger charge is 2.50. The fraction of sp³-hybridized carbons (Fsp3) is 0.185. The molecule has 3 aromatic carbocycles. The maximum atomic E-state index is 13.8. The maximum absolute atomic E-state index is 13.8. The molecule has 0 fully saturated rings. The molecule has 37 heavy (non-hydrogen) atoms. The summed E-state index contributed by atoms with van der Waals surface area (Å²) in [6, 6.07) is 20.1. The Kier molecular flexibility index (Phi) is 8.52. The van der Waals surface area contributed by atoms with E-state index in [1.54, 1.807) is 68.4 Å². The van der Waals surface area contributed by atoms with Crippen LogP contribution >= 0.6 is 11.6 Å². The fourth-order valence-corrected chi connectivity index (χ4v) is 4.46. The third-order valence-corrected chi connectivity index (χ3v) is 6.21. The zero-order valence-corrected chi connectivity index (χ0v) is 21.0. The largest absolute Gasteiger partial charge is 0.478 e. The first-order valence-electron chi connectivity index (χ1n) is 11.4. The zero-order valence-electron chi connectivity index (χ0n) is 20.3. The van der Waals surface area contributed by atoms with E-state index >= 15 is 0 Å². The lowest BCUT2D eigenvalue weighted by molar-refractivity contribution is -0.130. The van der Waals surface area contributed by atoms with Gasteiger partial charge >= 0.3 is 12.0 Å². The van der Waals surface area contributed by atoms with Gasteiger partial charge in [0.25, 0.3) is 0 Å². The summed E-state index contributed by atoms with van der Waals surface area (Å²) in [4.78, 5) is 51.9. The molecule has 0 aliphatic rings. The quantitative estimate of drug-likeness (QED) is 0.332. The standard InChI is InChI=1S/C27H27ClN4O5/c1-17(2)27(25(29)36,19-10-4-3-5-11-19)32(22-14-7-6-13-21(22)28)23(33)16-30-26(37)31-20-12-8-9-18(15-20)24(34)35/h3-15,17H,16H2,1-2H3,(H2,29,36)(H,34,35)(H2,30,31,37)/t27-/m1/s1. The number of aromatic carboxylic acids is 1. The van der Waals surface area contributed by atoms with Crippen LogP contribution in [0.15, 0.2) is 78.9 Å². The molecule has 0 bridgehead atoms. The highest BCUT2D eigenvalue weighted by atomic mass is 35.5. The summed E-state index contributed by atoms with van der Waals surface area (Å²) in [5, 5.41) is 14.3.